The minimum absolute atomic E-state index is 0.656. The zero-order chi connectivity index (χ0) is 12.4. The van der Waals surface area contributed by atoms with Crippen molar-refractivity contribution in [1.29, 1.82) is 5.26 Å². The quantitative estimate of drug-likeness (QED) is 0.766. The van der Waals surface area contributed by atoms with E-state index >= 15 is 0 Å². The van der Waals surface area contributed by atoms with Gasteiger partial charge in [0.05, 0.1) is 5.57 Å². The van der Waals surface area contributed by atoms with E-state index in [1.54, 1.807) is 11.3 Å². The van der Waals surface area contributed by atoms with Crippen molar-refractivity contribution in [2.45, 2.75) is 0 Å². The summed E-state index contributed by atoms with van der Waals surface area (Å²) in [4.78, 5) is 1.87. The van der Waals surface area contributed by atoms with Crippen LogP contribution in [0, 0.1) is 11.3 Å². The maximum absolute atomic E-state index is 9.20. The minimum Gasteiger partial charge on any atom is -0.382 e. The SMILES string of the molecule is CN(C)C=C(C#N)c1csc2ccc(Cl)cc12. The Morgan fingerprint density at radius 2 is 2.24 bits per heavy atom. The summed E-state index contributed by atoms with van der Waals surface area (Å²) in [7, 11) is 3.80. The molecule has 0 amide bonds. The van der Waals surface area contributed by atoms with Crippen molar-refractivity contribution in [3.8, 4) is 6.07 Å². The molecule has 0 spiro atoms. The van der Waals surface area contributed by atoms with E-state index in [2.05, 4.69) is 6.07 Å². The van der Waals surface area contributed by atoms with Crippen LogP contribution in [0.15, 0.2) is 29.8 Å². The van der Waals surface area contributed by atoms with Crippen LogP contribution in [-0.2, 0) is 0 Å². The Morgan fingerprint density at radius 3 is 2.88 bits per heavy atom. The van der Waals surface area contributed by atoms with Gasteiger partial charge in [-0.25, -0.2) is 0 Å². The average Bonchev–Trinajstić information content (AvgIpc) is 2.68. The van der Waals surface area contributed by atoms with Gasteiger partial charge in [0.15, 0.2) is 0 Å². The fourth-order valence-electron chi connectivity index (χ4n) is 1.63. The summed E-state index contributed by atoms with van der Waals surface area (Å²) in [5.41, 5.74) is 1.60. The summed E-state index contributed by atoms with van der Waals surface area (Å²) in [6.07, 6.45) is 1.82. The lowest BCUT2D eigenvalue weighted by Crippen LogP contribution is -2.01. The summed E-state index contributed by atoms with van der Waals surface area (Å²) < 4.78 is 1.14. The second kappa shape index (κ2) is 4.79. The molecule has 1 aromatic carbocycles. The molecule has 0 aliphatic rings. The summed E-state index contributed by atoms with van der Waals surface area (Å²) in [6, 6.07) is 7.99. The lowest BCUT2D eigenvalue weighted by Gasteiger charge is -2.06. The number of hydrogen-bond donors (Lipinski definition) is 0. The second-order valence-corrected chi connectivity index (χ2v) is 5.26. The molecule has 2 aromatic rings. The fraction of sp³-hybridized carbons (Fsp3) is 0.154. The minimum atomic E-state index is 0.656. The molecule has 86 valence electrons. The largest absolute Gasteiger partial charge is 0.382 e. The predicted octanol–water partition coefficient (Wildman–Crippen LogP) is 3.98. The highest BCUT2D eigenvalue weighted by Crippen LogP contribution is 2.32. The molecule has 0 fully saturated rings. The van der Waals surface area contributed by atoms with E-state index in [0.29, 0.717) is 10.6 Å². The fourth-order valence-corrected chi connectivity index (χ4v) is 2.74. The molecule has 17 heavy (non-hydrogen) atoms. The van der Waals surface area contributed by atoms with E-state index in [9.17, 15) is 5.26 Å². The van der Waals surface area contributed by atoms with Gasteiger partial charge in [-0.15, -0.1) is 11.3 Å². The topological polar surface area (TPSA) is 27.0 Å². The predicted molar refractivity (Wildman–Crippen MR) is 74.1 cm³/mol. The standard InChI is InChI=1S/C13H11ClN2S/c1-16(2)7-9(6-15)12-8-17-13-4-3-10(14)5-11(12)13/h3-5,7-8H,1-2H3. The number of nitrogens with zero attached hydrogens (tertiary/aromatic N) is 2. The maximum Gasteiger partial charge on any atom is 0.101 e. The second-order valence-electron chi connectivity index (χ2n) is 3.91. The number of fused-ring (bicyclic) bond motifs is 1. The van der Waals surface area contributed by atoms with Gasteiger partial charge in [-0.05, 0) is 18.2 Å². The van der Waals surface area contributed by atoms with Crippen LogP contribution in [0.25, 0.3) is 15.7 Å². The Hall–Kier alpha value is -1.50. The molecular weight excluding hydrogens is 252 g/mol. The molecule has 0 saturated carbocycles. The zero-order valence-electron chi connectivity index (χ0n) is 9.57. The average molecular weight is 263 g/mol. The normalized spacial score (nSPS) is 11.5. The van der Waals surface area contributed by atoms with E-state index in [1.165, 1.54) is 0 Å². The van der Waals surface area contributed by atoms with E-state index in [0.717, 1.165) is 15.6 Å². The lowest BCUT2D eigenvalue weighted by atomic mass is 10.1. The number of halogens is 1. The van der Waals surface area contributed by atoms with Crippen LogP contribution in [0.4, 0.5) is 0 Å². The van der Waals surface area contributed by atoms with Crippen LogP contribution in [0.3, 0.4) is 0 Å². The number of thiophene rings is 1. The molecule has 2 rings (SSSR count). The monoisotopic (exact) mass is 262 g/mol. The first-order valence-electron chi connectivity index (χ1n) is 5.07. The Labute approximate surface area is 109 Å². The number of nitriles is 1. The molecule has 0 radical (unpaired) electrons. The Balaban J connectivity index is 2.63. The first-order valence-corrected chi connectivity index (χ1v) is 6.33. The number of rotatable bonds is 2. The van der Waals surface area contributed by atoms with E-state index < -0.39 is 0 Å². The molecule has 1 heterocycles. The van der Waals surface area contributed by atoms with Gasteiger partial charge in [-0.1, -0.05) is 11.6 Å². The summed E-state index contributed by atoms with van der Waals surface area (Å²) in [5.74, 6) is 0. The van der Waals surface area contributed by atoms with E-state index in [4.69, 9.17) is 11.6 Å². The van der Waals surface area contributed by atoms with Crippen LogP contribution in [0.1, 0.15) is 5.56 Å². The van der Waals surface area contributed by atoms with Crippen LogP contribution < -0.4 is 0 Å². The van der Waals surface area contributed by atoms with Crippen molar-refractivity contribution >= 4 is 38.6 Å². The molecule has 0 N–H and O–H groups in total. The molecule has 2 nitrogen and oxygen atoms in total. The van der Waals surface area contributed by atoms with E-state index in [1.807, 2.05) is 48.8 Å². The van der Waals surface area contributed by atoms with Gasteiger partial charge in [0.2, 0.25) is 0 Å². The highest BCUT2D eigenvalue weighted by molar-refractivity contribution is 7.17. The Kier molecular flexibility index (Phi) is 3.37. The molecule has 0 aliphatic carbocycles. The molecular formula is C13H11ClN2S. The molecule has 1 aromatic heterocycles. The van der Waals surface area contributed by atoms with Crippen molar-refractivity contribution in [3.63, 3.8) is 0 Å². The highest BCUT2D eigenvalue weighted by atomic mass is 35.5. The highest BCUT2D eigenvalue weighted by Gasteiger charge is 2.09. The van der Waals surface area contributed by atoms with Crippen LogP contribution in [0.5, 0.6) is 0 Å². The summed E-state index contributed by atoms with van der Waals surface area (Å²) in [5, 5.41) is 12.9. The number of allylic oxidation sites excluding steroid dienone is 1. The zero-order valence-corrected chi connectivity index (χ0v) is 11.1. The third-order valence-electron chi connectivity index (χ3n) is 2.33. The number of benzene rings is 1. The van der Waals surface area contributed by atoms with Crippen molar-refractivity contribution < 1.29 is 0 Å². The Morgan fingerprint density at radius 1 is 1.47 bits per heavy atom. The molecule has 0 unspecified atom stereocenters. The van der Waals surface area contributed by atoms with Gasteiger partial charge in [0, 0.05) is 46.3 Å². The van der Waals surface area contributed by atoms with Crippen molar-refractivity contribution in [1.82, 2.24) is 4.90 Å². The van der Waals surface area contributed by atoms with Gasteiger partial charge in [0.25, 0.3) is 0 Å². The number of hydrogen-bond acceptors (Lipinski definition) is 3. The smallest absolute Gasteiger partial charge is 0.101 e. The van der Waals surface area contributed by atoms with Crippen LogP contribution >= 0.6 is 22.9 Å². The van der Waals surface area contributed by atoms with Gasteiger partial charge in [-0.2, -0.15) is 5.26 Å². The van der Waals surface area contributed by atoms with E-state index in [-0.39, 0.29) is 0 Å². The lowest BCUT2D eigenvalue weighted by molar-refractivity contribution is 0.566. The molecule has 0 atom stereocenters. The van der Waals surface area contributed by atoms with Gasteiger partial charge < -0.3 is 4.90 Å². The summed E-state index contributed by atoms with van der Waals surface area (Å²) >= 11 is 7.62. The third kappa shape index (κ3) is 2.44. The Bertz CT molecular complexity index is 620. The van der Waals surface area contributed by atoms with Crippen molar-refractivity contribution in [3.05, 3.63) is 40.4 Å². The molecule has 0 saturated heterocycles. The first kappa shape index (κ1) is 12.0. The maximum atomic E-state index is 9.20. The molecule has 4 heteroatoms. The molecule has 0 aliphatic heterocycles. The van der Waals surface area contributed by atoms with Crippen molar-refractivity contribution in [2.75, 3.05) is 14.1 Å². The summed E-state index contributed by atoms with van der Waals surface area (Å²) in [6.45, 7) is 0. The van der Waals surface area contributed by atoms with Crippen molar-refractivity contribution in [2.24, 2.45) is 0 Å². The van der Waals surface area contributed by atoms with Crippen LogP contribution in [0.2, 0.25) is 5.02 Å². The van der Waals surface area contributed by atoms with Gasteiger partial charge >= 0.3 is 0 Å². The third-order valence-corrected chi connectivity index (χ3v) is 3.53. The first-order chi connectivity index (χ1) is 8.11. The van der Waals surface area contributed by atoms with Gasteiger partial charge in [0.1, 0.15) is 6.07 Å². The van der Waals surface area contributed by atoms with Crippen LogP contribution in [-0.4, -0.2) is 19.0 Å². The molecule has 0 bridgehead atoms. The van der Waals surface area contributed by atoms with Gasteiger partial charge in [-0.3, -0.25) is 0 Å².